The lowest BCUT2D eigenvalue weighted by Gasteiger charge is -2.33. The van der Waals surface area contributed by atoms with E-state index < -0.39 is 10.8 Å². The Hall–Kier alpha value is -0.870. The third kappa shape index (κ3) is 3.86. The van der Waals surface area contributed by atoms with Gasteiger partial charge < -0.3 is 10.1 Å². The Morgan fingerprint density at radius 1 is 1.38 bits per heavy atom. The van der Waals surface area contributed by atoms with Crippen LogP contribution in [0.25, 0.3) is 0 Å². The lowest BCUT2D eigenvalue weighted by Crippen LogP contribution is -2.37. The molecule has 4 heteroatoms. The first kappa shape index (κ1) is 16.5. The zero-order valence-corrected chi connectivity index (χ0v) is 14.2. The van der Waals surface area contributed by atoms with E-state index in [1.54, 1.807) is 7.11 Å². The Kier molecular flexibility index (Phi) is 6.24. The maximum atomic E-state index is 12.6. The lowest BCUT2D eigenvalue weighted by molar-refractivity contribution is 0.411. The summed E-state index contributed by atoms with van der Waals surface area (Å²) >= 11 is 0. The Bertz CT molecular complexity index is 490. The molecule has 1 aromatic rings. The van der Waals surface area contributed by atoms with Crippen LogP contribution < -0.4 is 10.1 Å². The minimum atomic E-state index is -0.757. The summed E-state index contributed by atoms with van der Waals surface area (Å²) in [5, 5.41) is 3.60. The van der Waals surface area contributed by atoms with Crippen LogP contribution in [-0.2, 0) is 17.2 Å². The first-order valence-corrected chi connectivity index (χ1v) is 9.30. The van der Waals surface area contributed by atoms with Crippen molar-refractivity contribution in [1.82, 2.24) is 5.32 Å². The van der Waals surface area contributed by atoms with E-state index in [4.69, 9.17) is 4.74 Å². The van der Waals surface area contributed by atoms with Gasteiger partial charge in [0.25, 0.3) is 0 Å². The minimum absolute atomic E-state index is 0.173. The number of hydrogen-bond donors (Lipinski definition) is 1. The van der Waals surface area contributed by atoms with E-state index in [0.29, 0.717) is 0 Å². The van der Waals surface area contributed by atoms with Crippen LogP contribution in [0.15, 0.2) is 18.2 Å². The van der Waals surface area contributed by atoms with Gasteiger partial charge in [-0.05, 0) is 49.6 Å². The Morgan fingerprint density at radius 2 is 2.19 bits per heavy atom. The molecule has 3 unspecified atom stereocenters. The maximum absolute atomic E-state index is 12.6. The second-order valence-corrected chi connectivity index (χ2v) is 7.48. The molecule has 0 bridgehead atoms. The number of ether oxygens (including phenoxy) is 1. The first-order chi connectivity index (χ1) is 10.2. The average Bonchev–Trinajstić information content (AvgIpc) is 2.53. The minimum Gasteiger partial charge on any atom is -0.497 e. The highest BCUT2D eigenvalue weighted by atomic mass is 32.2. The standard InChI is InChI=1S/C17H27NO2S/c1-4-5-6-11-21(19)16-10-8-13-7-9-14(20-3)12-15(13)17(16)18-2/h7,9,12,16-18H,4-6,8,10-11H2,1-3H3. The number of hydrogen-bond acceptors (Lipinski definition) is 3. The first-order valence-electron chi connectivity index (χ1n) is 7.92. The van der Waals surface area contributed by atoms with Gasteiger partial charge in [0.05, 0.1) is 12.4 Å². The van der Waals surface area contributed by atoms with Crippen LogP contribution in [0.2, 0.25) is 0 Å². The highest BCUT2D eigenvalue weighted by Crippen LogP contribution is 2.35. The summed E-state index contributed by atoms with van der Waals surface area (Å²) in [6.07, 6.45) is 5.44. The van der Waals surface area contributed by atoms with Crippen molar-refractivity contribution in [3.63, 3.8) is 0 Å². The molecule has 1 N–H and O–H groups in total. The molecule has 3 atom stereocenters. The molecule has 0 amide bonds. The smallest absolute Gasteiger partial charge is 0.119 e. The molecule has 0 saturated heterocycles. The highest BCUT2D eigenvalue weighted by molar-refractivity contribution is 7.85. The number of methoxy groups -OCH3 is 1. The molecule has 2 rings (SSSR count). The topological polar surface area (TPSA) is 38.3 Å². The Labute approximate surface area is 130 Å². The quantitative estimate of drug-likeness (QED) is 0.786. The van der Waals surface area contributed by atoms with E-state index in [1.165, 1.54) is 24.0 Å². The molecule has 0 aromatic heterocycles. The van der Waals surface area contributed by atoms with Crippen LogP contribution in [-0.4, -0.2) is 29.4 Å². The summed E-state index contributed by atoms with van der Waals surface area (Å²) in [7, 11) is 2.90. The third-order valence-corrected chi connectivity index (χ3v) is 6.23. The maximum Gasteiger partial charge on any atom is 0.119 e. The number of nitrogens with one attached hydrogen (secondary N) is 1. The predicted molar refractivity (Wildman–Crippen MR) is 89.4 cm³/mol. The van der Waals surface area contributed by atoms with Gasteiger partial charge in [-0.15, -0.1) is 0 Å². The molecule has 0 aliphatic heterocycles. The normalized spacial score (nSPS) is 22.6. The van der Waals surface area contributed by atoms with Gasteiger partial charge in [0, 0.05) is 22.6 Å². The summed E-state index contributed by atoms with van der Waals surface area (Å²) in [6, 6.07) is 6.44. The van der Waals surface area contributed by atoms with Gasteiger partial charge in [-0.25, -0.2) is 0 Å². The van der Waals surface area contributed by atoms with Crippen LogP contribution in [0.3, 0.4) is 0 Å². The van der Waals surface area contributed by atoms with E-state index in [9.17, 15) is 4.21 Å². The van der Waals surface area contributed by atoms with Crippen molar-refractivity contribution in [2.24, 2.45) is 0 Å². The molecule has 0 spiro atoms. The summed E-state index contributed by atoms with van der Waals surface area (Å²) in [5.41, 5.74) is 2.62. The fourth-order valence-electron chi connectivity index (χ4n) is 3.15. The van der Waals surface area contributed by atoms with E-state index in [1.807, 2.05) is 13.1 Å². The monoisotopic (exact) mass is 309 g/mol. The molecule has 1 aliphatic carbocycles. The summed E-state index contributed by atoms with van der Waals surface area (Å²) in [5.74, 6) is 1.71. The molecular formula is C17H27NO2S. The van der Waals surface area contributed by atoms with Crippen molar-refractivity contribution in [3.8, 4) is 5.75 Å². The van der Waals surface area contributed by atoms with Crippen molar-refractivity contribution in [2.75, 3.05) is 19.9 Å². The average molecular weight is 309 g/mol. The number of aryl methyl sites for hydroxylation is 1. The van der Waals surface area contributed by atoms with E-state index in [-0.39, 0.29) is 11.3 Å². The van der Waals surface area contributed by atoms with Crippen molar-refractivity contribution in [3.05, 3.63) is 29.3 Å². The van der Waals surface area contributed by atoms with Crippen LogP contribution in [0.1, 0.15) is 49.8 Å². The van der Waals surface area contributed by atoms with Crippen molar-refractivity contribution in [2.45, 2.75) is 50.3 Å². The predicted octanol–water partition coefficient (Wildman–Crippen LogP) is 3.21. The molecule has 3 nitrogen and oxygen atoms in total. The van der Waals surface area contributed by atoms with Gasteiger partial charge in [0.15, 0.2) is 0 Å². The summed E-state index contributed by atoms with van der Waals surface area (Å²) in [4.78, 5) is 0. The molecule has 0 saturated carbocycles. The van der Waals surface area contributed by atoms with E-state index in [0.717, 1.165) is 30.8 Å². The zero-order valence-electron chi connectivity index (χ0n) is 13.4. The second-order valence-electron chi connectivity index (χ2n) is 5.70. The SMILES string of the molecule is CCCCCS(=O)C1CCc2ccc(OC)cc2C1NC. The largest absolute Gasteiger partial charge is 0.497 e. The van der Waals surface area contributed by atoms with Gasteiger partial charge in [-0.1, -0.05) is 25.8 Å². The van der Waals surface area contributed by atoms with Gasteiger partial charge in [0.2, 0.25) is 0 Å². The fraction of sp³-hybridized carbons (Fsp3) is 0.647. The second kappa shape index (κ2) is 7.95. The van der Waals surface area contributed by atoms with Gasteiger partial charge >= 0.3 is 0 Å². The molecule has 1 aliphatic rings. The number of fused-ring (bicyclic) bond motifs is 1. The summed E-state index contributed by atoms with van der Waals surface area (Å²) in [6.45, 7) is 2.18. The Balaban J connectivity index is 2.16. The fourth-order valence-corrected chi connectivity index (χ4v) is 4.91. The number of benzene rings is 1. The van der Waals surface area contributed by atoms with Gasteiger partial charge in [0.1, 0.15) is 5.75 Å². The number of rotatable bonds is 7. The van der Waals surface area contributed by atoms with Crippen LogP contribution >= 0.6 is 0 Å². The molecule has 0 fully saturated rings. The zero-order chi connectivity index (χ0) is 15.2. The van der Waals surface area contributed by atoms with Gasteiger partial charge in [-0.3, -0.25) is 4.21 Å². The molecule has 0 radical (unpaired) electrons. The molecule has 0 heterocycles. The van der Waals surface area contributed by atoms with Crippen LogP contribution in [0.4, 0.5) is 0 Å². The van der Waals surface area contributed by atoms with Crippen molar-refractivity contribution >= 4 is 10.8 Å². The van der Waals surface area contributed by atoms with Crippen LogP contribution in [0, 0.1) is 0 Å². The summed E-state index contributed by atoms with van der Waals surface area (Å²) < 4.78 is 18.0. The van der Waals surface area contributed by atoms with Crippen LogP contribution in [0.5, 0.6) is 5.75 Å². The third-order valence-electron chi connectivity index (χ3n) is 4.36. The number of unbranched alkanes of at least 4 members (excludes halogenated alkanes) is 2. The Morgan fingerprint density at radius 3 is 2.86 bits per heavy atom. The molecule has 1 aromatic carbocycles. The molecule has 118 valence electrons. The molecule has 21 heavy (non-hydrogen) atoms. The van der Waals surface area contributed by atoms with E-state index in [2.05, 4.69) is 24.4 Å². The molecular weight excluding hydrogens is 282 g/mol. The highest BCUT2D eigenvalue weighted by Gasteiger charge is 2.32. The lowest BCUT2D eigenvalue weighted by atomic mass is 9.87. The van der Waals surface area contributed by atoms with Gasteiger partial charge in [-0.2, -0.15) is 0 Å². The van der Waals surface area contributed by atoms with Crippen molar-refractivity contribution in [1.29, 1.82) is 0 Å². The van der Waals surface area contributed by atoms with Crippen molar-refractivity contribution < 1.29 is 8.95 Å². The van der Waals surface area contributed by atoms with E-state index >= 15 is 0 Å².